The quantitative estimate of drug-likeness (QED) is 0.743. The van der Waals surface area contributed by atoms with E-state index < -0.39 is 6.10 Å². The predicted molar refractivity (Wildman–Crippen MR) is 57.8 cm³/mol. The Morgan fingerprint density at radius 2 is 2.14 bits per heavy atom. The van der Waals surface area contributed by atoms with Gasteiger partial charge in [-0.2, -0.15) is 0 Å². The highest BCUT2D eigenvalue weighted by molar-refractivity contribution is 5.25. The maximum absolute atomic E-state index is 9.55. The van der Waals surface area contributed by atoms with Gasteiger partial charge in [-0.1, -0.05) is 24.3 Å². The molecule has 0 aliphatic rings. The standard InChI is InChI=1S/C11H18N2O/c1-13(2)8-9-4-3-5-10(6-9)11(14)7-12/h3-6,11,14H,7-8,12H2,1-2H3/t11-/m0/s1. The van der Waals surface area contributed by atoms with Gasteiger partial charge in [-0.05, 0) is 25.2 Å². The minimum atomic E-state index is -0.544. The second-order valence-electron chi connectivity index (χ2n) is 3.73. The Morgan fingerprint density at radius 1 is 1.43 bits per heavy atom. The van der Waals surface area contributed by atoms with Crippen molar-refractivity contribution in [2.24, 2.45) is 5.73 Å². The average molecular weight is 194 g/mol. The van der Waals surface area contributed by atoms with Gasteiger partial charge >= 0.3 is 0 Å². The van der Waals surface area contributed by atoms with E-state index in [0.717, 1.165) is 12.1 Å². The van der Waals surface area contributed by atoms with Crippen molar-refractivity contribution in [3.8, 4) is 0 Å². The summed E-state index contributed by atoms with van der Waals surface area (Å²) >= 11 is 0. The zero-order valence-corrected chi connectivity index (χ0v) is 8.77. The van der Waals surface area contributed by atoms with E-state index in [1.165, 1.54) is 5.56 Å². The zero-order valence-electron chi connectivity index (χ0n) is 8.77. The maximum Gasteiger partial charge on any atom is 0.0912 e. The number of aliphatic hydroxyl groups excluding tert-OH is 1. The van der Waals surface area contributed by atoms with Crippen LogP contribution >= 0.6 is 0 Å². The number of aliphatic hydroxyl groups is 1. The molecule has 1 atom stereocenters. The molecule has 3 nitrogen and oxygen atoms in total. The maximum atomic E-state index is 9.55. The van der Waals surface area contributed by atoms with Crippen LogP contribution in [0.2, 0.25) is 0 Å². The third-order valence-corrected chi connectivity index (χ3v) is 2.06. The summed E-state index contributed by atoms with van der Waals surface area (Å²) < 4.78 is 0. The first kappa shape index (κ1) is 11.2. The molecule has 14 heavy (non-hydrogen) atoms. The molecule has 0 saturated heterocycles. The smallest absolute Gasteiger partial charge is 0.0912 e. The van der Waals surface area contributed by atoms with Crippen LogP contribution in [-0.4, -0.2) is 30.6 Å². The summed E-state index contributed by atoms with van der Waals surface area (Å²) in [7, 11) is 4.04. The Balaban J connectivity index is 2.78. The van der Waals surface area contributed by atoms with Crippen LogP contribution in [0.15, 0.2) is 24.3 Å². The fourth-order valence-corrected chi connectivity index (χ4v) is 1.40. The van der Waals surface area contributed by atoms with Crippen LogP contribution in [-0.2, 0) is 6.54 Å². The molecule has 0 unspecified atom stereocenters. The Hall–Kier alpha value is -0.900. The van der Waals surface area contributed by atoms with Crippen molar-refractivity contribution in [2.75, 3.05) is 20.6 Å². The van der Waals surface area contributed by atoms with E-state index in [-0.39, 0.29) is 6.54 Å². The van der Waals surface area contributed by atoms with Crippen molar-refractivity contribution in [3.63, 3.8) is 0 Å². The van der Waals surface area contributed by atoms with Gasteiger partial charge in [-0.3, -0.25) is 0 Å². The molecular weight excluding hydrogens is 176 g/mol. The van der Waals surface area contributed by atoms with E-state index in [1.807, 2.05) is 38.4 Å². The van der Waals surface area contributed by atoms with Crippen molar-refractivity contribution in [2.45, 2.75) is 12.6 Å². The molecule has 0 aromatic heterocycles. The van der Waals surface area contributed by atoms with Gasteiger partial charge in [-0.15, -0.1) is 0 Å². The van der Waals surface area contributed by atoms with Gasteiger partial charge in [0.25, 0.3) is 0 Å². The largest absolute Gasteiger partial charge is 0.387 e. The van der Waals surface area contributed by atoms with Gasteiger partial charge in [0, 0.05) is 13.1 Å². The van der Waals surface area contributed by atoms with Gasteiger partial charge in [0.05, 0.1) is 6.10 Å². The molecule has 1 aromatic carbocycles. The van der Waals surface area contributed by atoms with Crippen LogP contribution < -0.4 is 5.73 Å². The Labute approximate surface area is 85.2 Å². The minimum absolute atomic E-state index is 0.269. The lowest BCUT2D eigenvalue weighted by Crippen LogP contribution is -2.13. The summed E-state index contributed by atoms with van der Waals surface area (Å²) in [6, 6.07) is 7.90. The van der Waals surface area contributed by atoms with Gasteiger partial charge < -0.3 is 15.7 Å². The summed E-state index contributed by atoms with van der Waals surface area (Å²) in [5.74, 6) is 0. The summed E-state index contributed by atoms with van der Waals surface area (Å²) in [6.07, 6.45) is -0.544. The first-order valence-corrected chi connectivity index (χ1v) is 4.75. The molecular formula is C11H18N2O. The molecule has 0 heterocycles. The van der Waals surface area contributed by atoms with Crippen LogP contribution in [0.5, 0.6) is 0 Å². The molecule has 0 fully saturated rings. The second kappa shape index (κ2) is 5.10. The third kappa shape index (κ3) is 3.10. The van der Waals surface area contributed by atoms with Crippen molar-refractivity contribution in [1.29, 1.82) is 0 Å². The van der Waals surface area contributed by atoms with E-state index in [9.17, 15) is 5.11 Å². The highest BCUT2D eigenvalue weighted by atomic mass is 16.3. The molecule has 0 aliphatic heterocycles. The van der Waals surface area contributed by atoms with Crippen LogP contribution in [0.1, 0.15) is 17.2 Å². The number of hydrogen-bond acceptors (Lipinski definition) is 3. The summed E-state index contributed by atoms with van der Waals surface area (Å²) in [6.45, 7) is 1.15. The molecule has 78 valence electrons. The molecule has 3 N–H and O–H groups in total. The monoisotopic (exact) mass is 194 g/mol. The SMILES string of the molecule is CN(C)Cc1cccc([C@@H](O)CN)c1. The Bertz CT molecular complexity index is 286. The first-order chi connectivity index (χ1) is 6.63. The lowest BCUT2D eigenvalue weighted by molar-refractivity contribution is 0.186. The van der Waals surface area contributed by atoms with E-state index >= 15 is 0 Å². The van der Waals surface area contributed by atoms with E-state index in [2.05, 4.69) is 4.90 Å². The van der Waals surface area contributed by atoms with Gasteiger partial charge in [0.1, 0.15) is 0 Å². The van der Waals surface area contributed by atoms with E-state index in [0.29, 0.717) is 0 Å². The van der Waals surface area contributed by atoms with E-state index in [1.54, 1.807) is 0 Å². The number of hydrogen-bond donors (Lipinski definition) is 2. The third-order valence-electron chi connectivity index (χ3n) is 2.06. The Kier molecular flexibility index (Phi) is 4.07. The average Bonchev–Trinajstić information content (AvgIpc) is 2.16. The molecule has 0 amide bonds. The fraction of sp³-hybridized carbons (Fsp3) is 0.455. The van der Waals surface area contributed by atoms with Crippen LogP contribution in [0.3, 0.4) is 0 Å². The van der Waals surface area contributed by atoms with Gasteiger partial charge in [-0.25, -0.2) is 0 Å². The number of rotatable bonds is 4. The van der Waals surface area contributed by atoms with Crippen molar-refractivity contribution in [3.05, 3.63) is 35.4 Å². The highest BCUT2D eigenvalue weighted by Gasteiger charge is 2.05. The molecule has 1 aromatic rings. The van der Waals surface area contributed by atoms with Crippen LogP contribution in [0, 0.1) is 0 Å². The van der Waals surface area contributed by atoms with Crippen LogP contribution in [0.25, 0.3) is 0 Å². The van der Waals surface area contributed by atoms with Crippen molar-refractivity contribution in [1.82, 2.24) is 4.90 Å². The fourth-order valence-electron chi connectivity index (χ4n) is 1.40. The normalized spacial score (nSPS) is 13.2. The first-order valence-electron chi connectivity index (χ1n) is 4.75. The summed E-state index contributed by atoms with van der Waals surface area (Å²) in [4.78, 5) is 2.09. The molecule has 0 radical (unpaired) electrons. The van der Waals surface area contributed by atoms with E-state index in [4.69, 9.17) is 5.73 Å². The molecule has 3 heteroatoms. The lowest BCUT2D eigenvalue weighted by atomic mass is 10.1. The molecule has 0 bridgehead atoms. The minimum Gasteiger partial charge on any atom is -0.387 e. The second-order valence-corrected chi connectivity index (χ2v) is 3.73. The van der Waals surface area contributed by atoms with Crippen LogP contribution in [0.4, 0.5) is 0 Å². The van der Waals surface area contributed by atoms with Gasteiger partial charge in [0.15, 0.2) is 0 Å². The zero-order chi connectivity index (χ0) is 10.6. The molecule has 0 aliphatic carbocycles. The lowest BCUT2D eigenvalue weighted by Gasteiger charge is -2.13. The summed E-state index contributed by atoms with van der Waals surface area (Å²) in [5, 5.41) is 9.55. The molecule has 0 spiro atoms. The predicted octanol–water partition coefficient (Wildman–Crippen LogP) is 0.740. The number of nitrogens with zero attached hydrogens (tertiary/aromatic N) is 1. The van der Waals surface area contributed by atoms with Gasteiger partial charge in [0.2, 0.25) is 0 Å². The van der Waals surface area contributed by atoms with Crippen molar-refractivity contribution < 1.29 is 5.11 Å². The van der Waals surface area contributed by atoms with Crippen molar-refractivity contribution >= 4 is 0 Å². The number of benzene rings is 1. The Morgan fingerprint density at radius 3 is 2.71 bits per heavy atom. The number of nitrogens with two attached hydrogens (primary N) is 1. The topological polar surface area (TPSA) is 49.5 Å². The molecule has 0 saturated carbocycles. The highest BCUT2D eigenvalue weighted by Crippen LogP contribution is 2.14. The molecule has 1 rings (SSSR count). The summed E-state index contributed by atoms with van der Waals surface area (Å²) in [5.41, 5.74) is 7.48.